The molecule has 1 fully saturated rings. The van der Waals surface area contributed by atoms with E-state index in [9.17, 15) is 9.18 Å². The van der Waals surface area contributed by atoms with Crippen molar-refractivity contribution < 1.29 is 9.18 Å². The molecule has 0 aliphatic carbocycles. The molecule has 1 aliphatic rings. The summed E-state index contributed by atoms with van der Waals surface area (Å²) in [6.07, 6.45) is 2.44. The SMILES string of the molecule is O=C(CCC1CCNC1)c1ccccc1F. The number of carbonyl (C=O) groups is 1. The molecule has 0 bridgehead atoms. The molecular weight excluding hydrogens is 205 g/mol. The predicted octanol–water partition coefficient (Wildman–Crippen LogP) is 2.40. The third-order valence-electron chi connectivity index (χ3n) is 3.12. The van der Waals surface area contributed by atoms with Crippen LogP contribution in [0.3, 0.4) is 0 Å². The van der Waals surface area contributed by atoms with Crippen LogP contribution < -0.4 is 5.32 Å². The molecule has 1 N–H and O–H groups in total. The van der Waals surface area contributed by atoms with Crippen LogP contribution in [-0.4, -0.2) is 18.9 Å². The molecule has 0 saturated carbocycles. The maximum absolute atomic E-state index is 13.3. The van der Waals surface area contributed by atoms with Crippen LogP contribution in [0.25, 0.3) is 0 Å². The number of benzene rings is 1. The largest absolute Gasteiger partial charge is 0.316 e. The molecule has 1 aliphatic heterocycles. The van der Waals surface area contributed by atoms with Crippen molar-refractivity contribution in [1.82, 2.24) is 5.32 Å². The van der Waals surface area contributed by atoms with Crippen molar-refractivity contribution in [1.29, 1.82) is 0 Å². The zero-order chi connectivity index (χ0) is 11.4. The fraction of sp³-hybridized carbons (Fsp3) is 0.462. The van der Waals surface area contributed by atoms with Crippen LogP contribution in [-0.2, 0) is 0 Å². The van der Waals surface area contributed by atoms with Crippen molar-refractivity contribution >= 4 is 5.78 Å². The molecule has 0 amide bonds. The Balaban J connectivity index is 1.90. The zero-order valence-electron chi connectivity index (χ0n) is 9.21. The Morgan fingerprint density at radius 3 is 2.94 bits per heavy atom. The molecule has 1 aromatic carbocycles. The minimum Gasteiger partial charge on any atom is -0.316 e. The average Bonchev–Trinajstić information content (AvgIpc) is 2.79. The minimum atomic E-state index is -0.406. The van der Waals surface area contributed by atoms with Crippen LogP contribution in [0.5, 0.6) is 0 Å². The summed E-state index contributed by atoms with van der Waals surface area (Å²) >= 11 is 0. The molecule has 0 radical (unpaired) electrons. The lowest BCUT2D eigenvalue weighted by Gasteiger charge is -2.07. The van der Waals surface area contributed by atoms with E-state index in [0.717, 1.165) is 25.9 Å². The van der Waals surface area contributed by atoms with Gasteiger partial charge in [-0.25, -0.2) is 4.39 Å². The first kappa shape index (κ1) is 11.3. The number of halogens is 1. The molecule has 2 rings (SSSR count). The fourth-order valence-electron chi connectivity index (χ4n) is 2.12. The lowest BCUT2D eigenvalue weighted by Crippen LogP contribution is -2.11. The van der Waals surface area contributed by atoms with E-state index in [0.29, 0.717) is 12.3 Å². The van der Waals surface area contributed by atoms with E-state index < -0.39 is 5.82 Å². The summed E-state index contributed by atoms with van der Waals surface area (Å²) in [6.45, 7) is 2.03. The summed E-state index contributed by atoms with van der Waals surface area (Å²) < 4.78 is 13.3. The van der Waals surface area contributed by atoms with Crippen LogP contribution >= 0.6 is 0 Å². The smallest absolute Gasteiger partial charge is 0.165 e. The second-order valence-electron chi connectivity index (χ2n) is 4.30. The summed E-state index contributed by atoms with van der Waals surface area (Å²) in [7, 11) is 0. The molecular formula is C13H16FNO. The predicted molar refractivity (Wildman–Crippen MR) is 60.9 cm³/mol. The van der Waals surface area contributed by atoms with E-state index in [1.807, 2.05) is 0 Å². The first-order valence-corrected chi connectivity index (χ1v) is 5.76. The molecule has 1 atom stereocenters. The average molecular weight is 221 g/mol. The molecule has 86 valence electrons. The minimum absolute atomic E-state index is 0.0787. The van der Waals surface area contributed by atoms with Gasteiger partial charge in [-0.05, 0) is 44.0 Å². The first-order chi connectivity index (χ1) is 7.77. The Kier molecular flexibility index (Phi) is 3.67. The molecule has 0 spiro atoms. The van der Waals surface area contributed by atoms with Crippen molar-refractivity contribution in [3.8, 4) is 0 Å². The number of carbonyl (C=O) groups excluding carboxylic acids is 1. The molecule has 1 unspecified atom stereocenters. The van der Waals surface area contributed by atoms with Gasteiger partial charge in [0.1, 0.15) is 5.82 Å². The van der Waals surface area contributed by atoms with E-state index >= 15 is 0 Å². The quantitative estimate of drug-likeness (QED) is 0.791. The summed E-state index contributed by atoms with van der Waals surface area (Å²) in [5.74, 6) is 0.0952. The van der Waals surface area contributed by atoms with E-state index in [1.54, 1.807) is 18.2 Å². The molecule has 1 aromatic rings. The summed E-state index contributed by atoms with van der Waals surface area (Å²) in [4.78, 5) is 11.8. The maximum atomic E-state index is 13.3. The Morgan fingerprint density at radius 2 is 2.25 bits per heavy atom. The van der Waals surface area contributed by atoms with Gasteiger partial charge in [0, 0.05) is 6.42 Å². The van der Waals surface area contributed by atoms with Gasteiger partial charge < -0.3 is 5.32 Å². The van der Waals surface area contributed by atoms with E-state index in [2.05, 4.69) is 5.32 Å². The maximum Gasteiger partial charge on any atom is 0.165 e. The number of ketones is 1. The molecule has 16 heavy (non-hydrogen) atoms. The van der Waals surface area contributed by atoms with Gasteiger partial charge >= 0.3 is 0 Å². The molecule has 3 heteroatoms. The number of Topliss-reactive ketones (excluding diaryl/α,β-unsaturated/α-hetero) is 1. The van der Waals surface area contributed by atoms with Crippen LogP contribution in [0.1, 0.15) is 29.6 Å². The molecule has 0 aromatic heterocycles. The third kappa shape index (κ3) is 2.67. The monoisotopic (exact) mass is 221 g/mol. The van der Waals surface area contributed by atoms with E-state index in [1.165, 1.54) is 6.07 Å². The standard InChI is InChI=1S/C13H16FNO/c14-12-4-2-1-3-11(12)13(16)6-5-10-7-8-15-9-10/h1-4,10,15H,5-9H2. The highest BCUT2D eigenvalue weighted by atomic mass is 19.1. The lowest BCUT2D eigenvalue weighted by atomic mass is 9.98. The van der Waals surface area contributed by atoms with Crippen LogP contribution in [0.15, 0.2) is 24.3 Å². The highest BCUT2D eigenvalue weighted by Gasteiger charge is 2.17. The van der Waals surface area contributed by atoms with Gasteiger partial charge in [0.2, 0.25) is 0 Å². The van der Waals surface area contributed by atoms with Gasteiger partial charge in [-0.2, -0.15) is 0 Å². The van der Waals surface area contributed by atoms with Gasteiger partial charge in [0.15, 0.2) is 5.78 Å². The van der Waals surface area contributed by atoms with Gasteiger partial charge in [0.05, 0.1) is 5.56 Å². The van der Waals surface area contributed by atoms with E-state index in [-0.39, 0.29) is 11.3 Å². The summed E-state index contributed by atoms with van der Waals surface area (Å²) in [6, 6.07) is 6.20. The second-order valence-corrected chi connectivity index (χ2v) is 4.30. The van der Waals surface area contributed by atoms with Gasteiger partial charge in [0.25, 0.3) is 0 Å². The Labute approximate surface area is 94.9 Å². The second kappa shape index (κ2) is 5.21. The highest BCUT2D eigenvalue weighted by molar-refractivity contribution is 5.96. The topological polar surface area (TPSA) is 29.1 Å². The lowest BCUT2D eigenvalue weighted by molar-refractivity contribution is 0.0970. The summed E-state index contributed by atoms with van der Waals surface area (Å²) in [5, 5.41) is 3.26. The normalized spacial score (nSPS) is 19.9. The number of hydrogen-bond acceptors (Lipinski definition) is 2. The Bertz CT molecular complexity index is 372. The van der Waals surface area contributed by atoms with Crippen molar-refractivity contribution in [2.75, 3.05) is 13.1 Å². The number of hydrogen-bond donors (Lipinski definition) is 1. The number of nitrogens with one attached hydrogen (secondary N) is 1. The van der Waals surface area contributed by atoms with Crippen LogP contribution in [0.4, 0.5) is 4.39 Å². The Morgan fingerprint density at radius 1 is 1.44 bits per heavy atom. The summed E-state index contributed by atoms with van der Waals surface area (Å²) in [5.41, 5.74) is 0.230. The van der Waals surface area contributed by atoms with Gasteiger partial charge in [-0.3, -0.25) is 4.79 Å². The van der Waals surface area contributed by atoms with Gasteiger partial charge in [-0.15, -0.1) is 0 Å². The zero-order valence-corrected chi connectivity index (χ0v) is 9.21. The highest BCUT2D eigenvalue weighted by Crippen LogP contribution is 2.17. The van der Waals surface area contributed by atoms with E-state index in [4.69, 9.17) is 0 Å². The Hall–Kier alpha value is -1.22. The van der Waals surface area contributed by atoms with Crippen molar-refractivity contribution in [2.24, 2.45) is 5.92 Å². The third-order valence-corrected chi connectivity index (χ3v) is 3.12. The van der Waals surface area contributed by atoms with Crippen LogP contribution in [0, 0.1) is 11.7 Å². The fourth-order valence-corrected chi connectivity index (χ4v) is 2.12. The molecule has 2 nitrogen and oxygen atoms in total. The number of rotatable bonds is 4. The molecule has 1 heterocycles. The first-order valence-electron chi connectivity index (χ1n) is 5.76. The van der Waals surface area contributed by atoms with Crippen LogP contribution in [0.2, 0.25) is 0 Å². The van der Waals surface area contributed by atoms with Crippen molar-refractivity contribution in [3.05, 3.63) is 35.6 Å². The van der Waals surface area contributed by atoms with Gasteiger partial charge in [-0.1, -0.05) is 12.1 Å². The van der Waals surface area contributed by atoms with Crippen molar-refractivity contribution in [3.63, 3.8) is 0 Å². The molecule has 1 saturated heterocycles. The van der Waals surface area contributed by atoms with Crippen molar-refractivity contribution in [2.45, 2.75) is 19.3 Å².